The summed E-state index contributed by atoms with van der Waals surface area (Å²) in [5.41, 5.74) is -2.07. The molecule has 2 atom stereocenters. The third kappa shape index (κ3) is 2.87. The number of hydrogen-bond acceptors (Lipinski definition) is 8. The Hall–Kier alpha value is -3.13. The first-order chi connectivity index (χ1) is 12.9. The van der Waals surface area contributed by atoms with E-state index in [1.807, 2.05) is 0 Å². The molecule has 0 amide bonds. The highest BCUT2D eigenvalue weighted by atomic mass is 16.8. The molecule has 2 heterocycles. The second-order valence-corrected chi connectivity index (χ2v) is 5.79. The predicted octanol–water partition coefficient (Wildman–Crippen LogP) is 1.83. The van der Waals surface area contributed by atoms with Gasteiger partial charge in [-0.05, 0) is 19.1 Å². The molecule has 1 aromatic carbocycles. The second kappa shape index (κ2) is 6.88. The highest BCUT2D eigenvalue weighted by Gasteiger charge is 2.72. The maximum atomic E-state index is 13.3. The highest BCUT2D eigenvalue weighted by molar-refractivity contribution is 6.26. The summed E-state index contributed by atoms with van der Waals surface area (Å²) < 4.78 is 26.0. The van der Waals surface area contributed by atoms with Crippen molar-refractivity contribution < 1.29 is 38.1 Å². The SMILES string of the molecule is CC=CC1=CC(=O)C2(C(=O)c3c(OC)cc(OC)cc3C(=O)OC)OC2O1. The molecule has 8 heteroatoms. The summed E-state index contributed by atoms with van der Waals surface area (Å²) in [5, 5.41) is 0. The molecular formula is C19H18O8. The number of ketones is 2. The van der Waals surface area contributed by atoms with Gasteiger partial charge in [-0.1, -0.05) is 6.08 Å². The number of allylic oxidation sites excluding steroid dienone is 2. The Morgan fingerprint density at radius 3 is 2.48 bits per heavy atom. The van der Waals surface area contributed by atoms with E-state index in [2.05, 4.69) is 0 Å². The summed E-state index contributed by atoms with van der Waals surface area (Å²) in [4.78, 5) is 38.1. The molecule has 1 fully saturated rings. The number of rotatable bonds is 6. The van der Waals surface area contributed by atoms with Crippen LogP contribution in [0.4, 0.5) is 0 Å². The molecule has 0 radical (unpaired) electrons. The van der Waals surface area contributed by atoms with E-state index in [1.165, 1.54) is 39.5 Å². The number of carbonyl (C=O) groups is 3. The van der Waals surface area contributed by atoms with Crippen LogP contribution in [-0.2, 0) is 19.0 Å². The van der Waals surface area contributed by atoms with Gasteiger partial charge in [0.25, 0.3) is 5.60 Å². The molecule has 1 aromatic rings. The predicted molar refractivity (Wildman–Crippen MR) is 91.8 cm³/mol. The van der Waals surface area contributed by atoms with Crippen molar-refractivity contribution in [2.45, 2.75) is 18.8 Å². The van der Waals surface area contributed by atoms with Crippen LogP contribution in [0.25, 0.3) is 0 Å². The number of ether oxygens (including phenoxy) is 5. The van der Waals surface area contributed by atoms with E-state index in [9.17, 15) is 14.4 Å². The van der Waals surface area contributed by atoms with Crippen molar-refractivity contribution in [1.29, 1.82) is 0 Å². The summed E-state index contributed by atoms with van der Waals surface area (Å²) >= 11 is 0. The third-order valence-corrected chi connectivity index (χ3v) is 4.28. The Kier molecular flexibility index (Phi) is 4.75. The van der Waals surface area contributed by atoms with Crippen molar-refractivity contribution in [2.24, 2.45) is 0 Å². The highest BCUT2D eigenvalue weighted by Crippen LogP contribution is 2.47. The molecule has 0 aliphatic carbocycles. The molecule has 3 rings (SSSR count). The van der Waals surface area contributed by atoms with Crippen LogP contribution in [0, 0.1) is 0 Å². The Morgan fingerprint density at radius 2 is 1.93 bits per heavy atom. The standard InChI is InChI=1S/C19H18O8/c1-5-6-10-9-14(20)19(18(26-10)27-19)16(21)15-12(17(22)25-4)7-11(23-2)8-13(15)24-3/h5-9,18H,1-4H3. The molecule has 2 unspecified atom stereocenters. The normalized spacial score (nSPS) is 23.2. The zero-order chi connectivity index (χ0) is 19.8. The number of carbonyl (C=O) groups excluding carboxylic acids is 3. The van der Waals surface area contributed by atoms with Crippen molar-refractivity contribution in [3.63, 3.8) is 0 Å². The van der Waals surface area contributed by atoms with Gasteiger partial charge in [0.2, 0.25) is 17.9 Å². The molecule has 2 aliphatic heterocycles. The Bertz CT molecular complexity index is 882. The van der Waals surface area contributed by atoms with Gasteiger partial charge in [0.1, 0.15) is 17.3 Å². The molecular weight excluding hydrogens is 356 g/mol. The van der Waals surface area contributed by atoms with E-state index in [0.29, 0.717) is 5.76 Å². The van der Waals surface area contributed by atoms with Gasteiger partial charge in [0.05, 0.1) is 32.5 Å². The summed E-state index contributed by atoms with van der Waals surface area (Å²) in [5.74, 6) is -1.45. The molecule has 142 valence electrons. The summed E-state index contributed by atoms with van der Waals surface area (Å²) in [6.45, 7) is 1.76. The lowest BCUT2D eigenvalue weighted by molar-refractivity contribution is -0.118. The van der Waals surface area contributed by atoms with Crippen LogP contribution in [-0.4, -0.2) is 50.8 Å². The summed E-state index contributed by atoms with van der Waals surface area (Å²) in [6.07, 6.45) is 3.40. The fourth-order valence-electron chi connectivity index (χ4n) is 2.89. The molecule has 0 bridgehead atoms. The first kappa shape index (κ1) is 18.7. The quantitative estimate of drug-likeness (QED) is 0.322. The van der Waals surface area contributed by atoms with Gasteiger partial charge in [-0.3, -0.25) is 9.59 Å². The van der Waals surface area contributed by atoms with Crippen molar-refractivity contribution in [3.8, 4) is 11.5 Å². The maximum absolute atomic E-state index is 13.3. The number of esters is 1. The Labute approximate surface area is 155 Å². The van der Waals surface area contributed by atoms with Gasteiger partial charge in [-0.15, -0.1) is 0 Å². The average Bonchev–Trinajstić information content (AvgIpc) is 3.42. The lowest BCUT2D eigenvalue weighted by Gasteiger charge is -2.18. The van der Waals surface area contributed by atoms with Gasteiger partial charge >= 0.3 is 5.97 Å². The van der Waals surface area contributed by atoms with E-state index in [-0.39, 0.29) is 22.6 Å². The van der Waals surface area contributed by atoms with Crippen molar-refractivity contribution >= 4 is 17.5 Å². The topological polar surface area (TPSA) is 101 Å². The van der Waals surface area contributed by atoms with Crippen molar-refractivity contribution in [2.75, 3.05) is 21.3 Å². The Balaban J connectivity index is 2.11. The van der Waals surface area contributed by atoms with Crippen LogP contribution < -0.4 is 9.47 Å². The molecule has 2 aliphatic rings. The third-order valence-electron chi connectivity index (χ3n) is 4.28. The molecule has 1 saturated heterocycles. The first-order valence-electron chi connectivity index (χ1n) is 8.05. The van der Waals surface area contributed by atoms with Gasteiger partial charge in [0.15, 0.2) is 0 Å². The summed E-state index contributed by atoms with van der Waals surface area (Å²) in [7, 11) is 3.92. The number of Topliss-reactive ketones (excluding diaryl/α,β-unsaturated/α-hetero) is 1. The van der Waals surface area contributed by atoms with Crippen LogP contribution >= 0.6 is 0 Å². The van der Waals surface area contributed by atoms with Crippen LogP contribution in [0.3, 0.4) is 0 Å². The molecule has 0 aromatic heterocycles. The fraction of sp³-hybridized carbons (Fsp3) is 0.316. The second-order valence-electron chi connectivity index (χ2n) is 5.79. The number of fused-ring (bicyclic) bond motifs is 1. The van der Waals surface area contributed by atoms with Crippen LogP contribution in [0.2, 0.25) is 0 Å². The van der Waals surface area contributed by atoms with E-state index >= 15 is 0 Å². The van der Waals surface area contributed by atoms with E-state index in [0.717, 1.165) is 0 Å². The smallest absolute Gasteiger partial charge is 0.338 e. The molecule has 0 spiro atoms. The number of epoxide rings is 1. The minimum absolute atomic E-state index is 0.0550. The van der Waals surface area contributed by atoms with Gasteiger partial charge in [0, 0.05) is 12.1 Å². The monoisotopic (exact) mass is 374 g/mol. The van der Waals surface area contributed by atoms with Crippen LogP contribution in [0.5, 0.6) is 11.5 Å². The lowest BCUT2D eigenvalue weighted by Crippen LogP contribution is -2.39. The van der Waals surface area contributed by atoms with Gasteiger partial charge in [-0.25, -0.2) is 4.79 Å². The fourth-order valence-corrected chi connectivity index (χ4v) is 2.89. The average molecular weight is 374 g/mol. The van der Waals surface area contributed by atoms with E-state index in [1.54, 1.807) is 19.1 Å². The van der Waals surface area contributed by atoms with Crippen molar-refractivity contribution in [3.05, 3.63) is 47.2 Å². The molecule has 0 N–H and O–H groups in total. The van der Waals surface area contributed by atoms with E-state index in [4.69, 9.17) is 23.7 Å². The van der Waals surface area contributed by atoms with Crippen LogP contribution in [0.15, 0.2) is 36.1 Å². The van der Waals surface area contributed by atoms with Gasteiger partial charge < -0.3 is 23.7 Å². The number of hydrogen-bond donors (Lipinski definition) is 0. The van der Waals surface area contributed by atoms with Gasteiger partial charge in [-0.2, -0.15) is 0 Å². The first-order valence-corrected chi connectivity index (χ1v) is 8.05. The zero-order valence-corrected chi connectivity index (χ0v) is 15.2. The minimum atomic E-state index is -1.84. The number of benzene rings is 1. The lowest BCUT2D eigenvalue weighted by atomic mass is 9.88. The largest absolute Gasteiger partial charge is 0.497 e. The van der Waals surface area contributed by atoms with Crippen molar-refractivity contribution in [1.82, 2.24) is 0 Å². The maximum Gasteiger partial charge on any atom is 0.338 e. The summed E-state index contributed by atoms with van der Waals surface area (Å²) in [6, 6.07) is 2.77. The number of methoxy groups -OCH3 is 3. The van der Waals surface area contributed by atoms with Crippen LogP contribution in [0.1, 0.15) is 27.6 Å². The zero-order valence-electron chi connectivity index (χ0n) is 15.2. The van der Waals surface area contributed by atoms with E-state index < -0.39 is 29.4 Å². The molecule has 0 saturated carbocycles. The minimum Gasteiger partial charge on any atom is -0.497 e. The molecule has 27 heavy (non-hydrogen) atoms. The molecule has 8 nitrogen and oxygen atoms in total. The Morgan fingerprint density at radius 1 is 1.19 bits per heavy atom.